The number of benzene rings is 1. The first-order valence-electron chi connectivity index (χ1n) is 5.73. The molecule has 18 heavy (non-hydrogen) atoms. The number of nitrogens with one attached hydrogen (secondary N) is 2. The number of hydrogen-bond acceptors (Lipinski definition) is 2. The zero-order chi connectivity index (χ0) is 13.0. The lowest BCUT2D eigenvalue weighted by Crippen LogP contribution is -2.12. The smallest absolute Gasteiger partial charge is 0.256 e. The lowest BCUT2D eigenvalue weighted by molar-refractivity contribution is 0.102. The predicted octanol–water partition coefficient (Wildman–Crippen LogP) is 2.96. The first-order chi connectivity index (χ1) is 8.72. The summed E-state index contributed by atoms with van der Waals surface area (Å²) < 4.78 is 0. The maximum absolute atomic E-state index is 11.9. The fourth-order valence-electron chi connectivity index (χ4n) is 1.54. The van der Waals surface area contributed by atoms with Gasteiger partial charge in [-0.25, -0.2) is 0 Å². The molecule has 0 aliphatic heterocycles. The Kier molecular flexibility index (Phi) is 3.99. The fourth-order valence-corrected chi connectivity index (χ4v) is 1.72. The topological polar surface area (TPSA) is 57.8 Å². The van der Waals surface area contributed by atoms with E-state index in [4.69, 9.17) is 11.6 Å². The lowest BCUT2D eigenvalue weighted by atomic mass is 10.1. The van der Waals surface area contributed by atoms with Crippen molar-refractivity contribution in [3.63, 3.8) is 0 Å². The highest BCUT2D eigenvalue weighted by molar-refractivity contribution is 6.17. The Labute approximate surface area is 110 Å². The molecule has 0 saturated heterocycles. The van der Waals surface area contributed by atoms with Crippen molar-refractivity contribution in [2.45, 2.75) is 19.2 Å². The van der Waals surface area contributed by atoms with Crippen LogP contribution in [0.1, 0.15) is 28.5 Å². The summed E-state index contributed by atoms with van der Waals surface area (Å²) in [6.07, 6.45) is 0.854. The Bertz CT molecular complexity index is 533. The van der Waals surface area contributed by atoms with Crippen molar-refractivity contribution in [2.24, 2.45) is 0 Å². The van der Waals surface area contributed by atoms with Gasteiger partial charge in [0, 0.05) is 23.2 Å². The maximum atomic E-state index is 11.9. The first kappa shape index (κ1) is 12.6. The normalized spacial score (nSPS) is 10.3. The molecule has 0 aliphatic carbocycles. The van der Waals surface area contributed by atoms with Crippen molar-refractivity contribution < 1.29 is 4.79 Å². The van der Waals surface area contributed by atoms with Crippen LogP contribution in [-0.4, -0.2) is 16.1 Å². The summed E-state index contributed by atoms with van der Waals surface area (Å²) in [5.74, 6) is 0.810. The van der Waals surface area contributed by atoms with Gasteiger partial charge in [-0.05, 0) is 24.1 Å². The van der Waals surface area contributed by atoms with Gasteiger partial charge in [-0.2, -0.15) is 5.10 Å². The van der Waals surface area contributed by atoms with E-state index in [1.54, 1.807) is 12.1 Å². The van der Waals surface area contributed by atoms with Crippen LogP contribution in [0.5, 0.6) is 0 Å². The highest BCUT2D eigenvalue weighted by Crippen LogP contribution is 2.10. The second-order valence-corrected chi connectivity index (χ2v) is 4.18. The average Bonchev–Trinajstić information content (AvgIpc) is 2.86. The molecule has 0 saturated carbocycles. The highest BCUT2D eigenvalue weighted by atomic mass is 35.5. The van der Waals surface area contributed by atoms with Gasteiger partial charge in [0.15, 0.2) is 5.82 Å². The SMILES string of the molecule is CCc1cc(NC(=O)c2ccc(CCl)cc2)n[nH]1. The van der Waals surface area contributed by atoms with Crippen LogP contribution in [0.4, 0.5) is 5.82 Å². The number of carbonyl (C=O) groups excluding carboxylic acids is 1. The largest absolute Gasteiger partial charge is 0.305 e. The van der Waals surface area contributed by atoms with Gasteiger partial charge in [-0.1, -0.05) is 19.1 Å². The fraction of sp³-hybridized carbons (Fsp3) is 0.231. The van der Waals surface area contributed by atoms with Crippen LogP contribution >= 0.6 is 11.6 Å². The van der Waals surface area contributed by atoms with Crippen molar-refractivity contribution >= 4 is 23.3 Å². The summed E-state index contributed by atoms with van der Waals surface area (Å²) >= 11 is 5.69. The van der Waals surface area contributed by atoms with E-state index < -0.39 is 0 Å². The first-order valence-corrected chi connectivity index (χ1v) is 6.27. The summed E-state index contributed by atoms with van der Waals surface area (Å²) in [5.41, 5.74) is 2.56. The quantitative estimate of drug-likeness (QED) is 0.833. The molecular weight excluding hydrogens is 250 g/mol. The van der Waals surface area contributed by atoms with Gasteiger partial charge in [0.05, 0.1) is 0 Å². The number of H-pyrrole nitrogens is 1. The van der Waals surface area contributed by atoms with Crippen LogP contribution in [0, 0.1) is 0 Å². The van der Waals surface area contributed by atoms with Crippen LogP contribution in [0.25, 0.3) is 0 Å². The van der Waals surface area contributed by atoms with Gasteiger partial charge < -0.3 is 5.32 Å². The summed E-state index contributed by atoms with van der Waals surface area (Å²) in [6, 6.07) is 9.00. The molecule has 0 bridgehead atoms. The number of halogens is 1. The predicted molar refractivity (Wildman–Crippen MR) is 71.9 cm³/mol. The van der Waals surface area contributed by atoms with Crippen LogP contribution in [0.2, 0.25) is 0 Å². The molecule has 1 heterocycles. The number of nitrogens with zero attached hydrogens (tertiary/aromatic N) is 1. The zero-order valence-electron chi connectivity index (χ0n) is 10.0. The summed E-state index contributed by atoms with van der Waals surface area (Å²) in [7, 11) is 0. The van der Waals surface area contributed by atoms with Crippen molar-refractivity contribution in [3.8, 4) is 0 Å². The molecule has 4 nitrogen and oxygen atoms in total. The average molecular weight is 264 g/mol. The molecule has 1 aromatic carbocycles. The summed E-state index contributed by atoms with van der Waals surface area (Å²) in [4.78, 5) is 11.9. The molecule has 2 rings (SSSR count). The number of hydrogen-bond donors (Lipinski definition) is 2. The van der Waals surface area contributed by atoms with Crippen LogP contribution in [0.3, 0.4) is 0 Å². The second-order valence-electron chi connectivity index (χ2n) is 3.92. The van der Waals surface area contributed by atoms with E-state index in [1.165, 1.54) is 0 Å². The number of aryl methyl sites for hydroxylation is 1. The summed E-state index contributed by atoms with van der Waals surface area (Å²) in [5, 5.41) is 9.59. The molecule has 5 heteroatoms. The standard InChI is InChI=1S/C13H14ClN3O/c1-2-11-7-12(17-16-11)15-13(18)10-5-3-9(8-14)4-6-10/h3-7H,2,8H2,1H3,(H2,15,16,17,18). The van der Waals surface area contributed by atoms with Crippen molar-refractivity contribution in [1.82, 2.24) is 10.2 Å². The molecule has 94 valence electrons. The Morgan fingerprint density at radius 2 is 2.11 bits per heavy atom. The molecule has 0 aliphatic rings. The van der Waals surface area contributed by atoms with Crippen LogP contribution in [-0.2, 0) is 12.3 Å². The van der Waals surface area contributed by atoms with Crippen molar-refractivity contribution in [2.75, 3.05) is 5.32 Å². The number of amides is 1. The van der Waals surface area contributed by atoms with Gasteiger partial charge in [-0.15, -0.1) is 11.6 Å². The molecule has 0 fully saturated rings. The maximum Gasteiger partial charge on any atom is 0.256 e. The highest BCUT2D eigenvalue weighted by Gasteiger charge is 2.08. The van der Waals surface area contributed by atoms with Crippen LogP contribution < -0.4 is 5.32 Å². The second kappa shape index (κ2) is 5.69. The van der Waals surface area contributed by atoms with Gasteiger partial charge in [0.25, 0.3) is 5.91 Å². The van der Waals surface area contributed by atoms with Gasteiger partial charge in [0.1, 0.15) is 0 Å². The van der Waals surface area contributed by atoms with E-state index in [0.717, 1.165) is 17.7 Å². The van der Waals surface area contributed by atoms with Crippen LogP contribution in [0.15, 0.2) is 30.3 Å². The van der Waals surface area contributed by atoms with E-state index in [9.17, 15) is 4.79 Å². The van der Waals surface area contributed by atoms with Crippen molar-refractivity contribution in [1.29, 1.82) is 0 Å². The Morgan fingerprint density at radius 3 is 2.67 bits per heavy atom. The van der Waals surface area contributed by atoms with E-state index >= 15 is 0 Å². The Morgan fingerprint density at radius 1 is 1.39 bits per heavy atom. The molecule has 2 aromatic rings. The lowest BCUT2D eigenvalue weighted by Gasteiger charge is -2.02. The molecule has 1 amide bonds. The zero-order valence-corrected chi connectivity index (χ0v) is 10.8. The van der Waals surface area contributed by atoms with Gasteiger partial charge in [0.2, 0.25) is 0 Å². The number of anilines is 1. The molecule has 1 aromatic heterocycles. The van der Waals surface area contributed by atoms with E-state index in [-0.39, 0.29) is 5.91 Å². The minimum Gasteiger partial charge on any atom is -0.305 e. The van der Waals surface area contributed by atoms with E-state index in [1.807, 2.05) is 25.1 Å². The Balaban J connectivity index is 2.06. The van der Waals surface area contributed by atoms with E-state index in [2.05, 4.69) is 15.5 Å². The molecule has 0 radical (unpaired) electrons. The number of aromatic amines is 1. The van der Waals surface area contributed by atoms with E-state index in [0.29, 0.717) is 17.3 Å². The minimum atomic E-state index is -0.176. The summed E-state index contributed by atoms with van der Waals surface area (Å²) in [6.45, 7) is 2.02. The minimum absolute atomic E-state index is 0.176. The number of carbonyl (C=O) groups is 1. The molecular formula is C13H14ClN3O. The Hall–Kier alpha value is -1.81. The molecule has 2 N–H and O–H groups in total. The van der Waals surface area contributed by atoms with Crippen molar-refractivity contribution in [3.05, 3.63) is 47.2 Å². The monoisotopic (exact) mass is 263 g/mol. The number of aromatic nitrogens is 2. The number of alkyl halides is 1. The third-order valence-electron chi connectivity index (χ3n) is 2.62. The molecule has 0 spiro atoms. The molecule has 0 unspecified atom stereocenters. The van der Waals surface area contributed by atoms with Gasteiger partial charge in [-0.3, -0.25) is 9.89 Å². The number of rotatable bonds is 4. The third-order valence-corrected chi connectivity index (χ3v) is 2.93. The van der Waals surface area contributed by atoms with Gasteiger partial charge >= 0.3 is 0 Å². The molecule has 0 atom stereocenters. The third kappa shape index (κ3) is 2.90.